The molecule has 0 radical (unpaired) electrons. The van der Waals surface area contributed by atoms with Gasteiger partial charge in [-0.15, -0.1) is 0 Å². The Hall–Kier alpha value is -1.23. The van der Waals surface area contributed by atoms with Crippen LogP contribution in [0.2, 0.25) is 15.1 Å². The summed E-state index contributed by atoms with van der Waals surface area (Å²) < 4.78 is 5.48. The quantitative estimate of drug-likeness (QED) is 0.880. The summed E-state index contributed by atoms with van der Waals surface area (Å²) in [5.74, 6) is 0.788. The highest BCUT2D eigenvalue weighted by atomic mass is 35.5. The van der Waals surface area contributed by atoms with Crippen LogP contribution in [-0.4, -0.2) is 9.97 Å². The van der Waals surface area contributed by atoms with Crippen molar-refractivity contribution in [1.29, 1.82) is 0 Å². The Morgan fingerprint density at radius 2 is 1.72 bits per heavy atom. The Balaban J connectivity index is 2.10. The van der Waals surface area contributed by atoms with E-state index in [0.29, 0.717) is 32.3 Å². The molecule has 0 spiro atoms. The summed E-state index contributed by atoms with van der Waals surface area (Å²) in [6, 6.07) is 3.08. The fourth-order valence-electron chi connectivity index (χ4n) is 1.21. The zero-order valence-electron chi connectivity index (χ0n) is 9.03. The SMILES string of the molecule is Nc1cnc(COc2cc(Cl)c(Cl)cc2Cl)cn1. The van der Waals surface area contributed by atoms with Crippen molar-refractivity contribution in [1.82, 2.24) is 9.97 Å². The number of rotatable bonds is 3. The van der Waals surface area contributed by atoms with Crippen LogP contribution < -0.4 is 10.5 Å². The summed E-state index contributed by atoms with van der Waals surface area (Å²) in [5, 5.41) is 1.13. The molecule has 0 saturated heterocycles. The number of aromatic nitrogens is 2. The minimum absolute atomic E-state index is 0.213. The van der Waals surface area contributed by atoms with Gasteiger partial charge in [0.2, 0.25) is 0 Å². The standard InChI is InChI=1S/C11H8Cl3N3O/c12-7-1-9(14)10(2-8(7)13)18-5-6-3-17-11(15)4-16-6/h1-4H,5H2,(H2,15,17). The first-order valence-electron chi connectivity index (χ1n) is 4.90. The molecule has 2 aromatic rings. The van der Waals surface area contributed by atoms with Crippen molar-refractivity contribution >= 4 is 40.6 Å². The maximum atomic E-state index is 5.97. The highest BCUT2D eigenvalue weighted by Crippen LogP contribution is 2.34. The Morgan fingerprint density at radius 1 is 1.00 bits per heavy atom. The molecule has 7 heteroatoms. The third-order valence-corrected chi connectivity index (χ3v) is 3.09. The maximum Gasteiger partial charge on any atom is 0.141 e. The number of hydrogen-bond acceptors (Lipinski definition) is 4. The highest BCUT2D eigenvalue weighted by Gasteiger charge is 2.07. The van der Waals surface area contributed by atoms with E-state index in [1.54, 1.807) is 6.07 Å². The minimum Gasteiger partial charge on any atom is -0.486 e. The maximum absolute atomic E-state index is 5.97. The van der Waals surface area contributed by atoms with Crippen molar-refractivity contribution in [3.8, 4) is 5.75 Å². The minimum atomic E-state index is 0.213. The Kier molecular flexibility index (Phi) is 4.11. The second-order valence-corrected chi connectivity index (χ2v) is 4.64. The molecule has 2 N–H and O–H groups in total. The molecular weight excluding hydrogens is 296 g/mol. The highest BCUT2D eigenvalue weighted by molar-refractivity contribution is 6.43. The summed E-state index contributed by atoms with van der Waals surface area (Å²) in [6.45, 7) is 0.213. The predicted octanol–water partition coefficient (Wildman–Crippen LogP) is 3.60. The average molecular weight is 305 g/mol. The fourth-order valence-corrected chi connectivity index (χ4v) is 1.80. The average Bonchev–Trinajstić information content (AvgIpc) is 2.34. The normalized spacial score (nSPS) is 10.4. The van der Waals surface area contributed by atoms with Crippen LogP contribution in [-0.2, 0) is 6.61 Å². The first kappa shape index (κ1) is 13.2. The van der Waals surface area contributed by atoms with Crippen molar-refractivity contribution in [2.24, 2.45) is 0 Å². The van der Waals surface area contributed by atoms with Gasteiger partial charge in [-0.05, 0) is 6.07 Å². The first-order chi connectivity index (χ1) is 8.56. The van der Waals surface area contributed by atoms with Gasteiger partial charge < -0.3 is 10.5 Å². The van der Waals surface area contributed by atoms with Gasteiger partial charge in [0.25, 0.3) is 0 Å². The molecule has 0 aliphatic heterocycles. The zero-order valence-corrected chi connectivity index (χ0v) is 11.3. The summed E-state index contributed by atoms with van der Waals surface area (Å²) in [7, 11) is 0. The molecule has 18 heavy (non-hydrogen) atoms. The number of hydrogen-bond donors (Lipinski definition) is 1. The zero-order chi connectivity index (χ0) is 13.1. The van der Waals surface area contributed by atoms with Crippen LogP contribution in [0, 0.1) is 0 Å². The van der Waals surface area contributed by atoms with E-state index in [1.807, 2.05) is 0 Å². The molecule has 94 valence electrons. The van der Waals surface area contributed by atoms with Gasteiger partial charge in [-0.2, -0.15) is 0 Å². The van der Waals surface area contributed by atoms with Gasteiger partial charge in [0.05, 0.1) is 33.2 Å². The van der Waals surface area contributed by atoms with Gasteiger partial charge >= 0.3 is 0 Å². The summed E-state index contributed by atoms with van der Waals surface area (Å²) >= 11 is 17.7. The molecule has 0 fully saturated rings. The van der Waals surface area contributed by atoms with E-state index in [1.165, 1.54) is 18.5 Å². The molecule has 0 unspecified atom stereocenters. The van der Waals surface area contributed by atoms with E-state index in [4.69, 9.17) is 45.3 Å². The smallest absolute Gasteiger partial charge is 0.141 e. The monoisotopic (exact) mass is 303 g/mol. The lowest BCUT2D eigenvalue weighted by Gasteiger charge is -2.08. The lowest BCUT2D eigenvalue weighted by Crippen LogP contribution is -2.01. The molecule has 2 rings (SSSR count). The van der Waals surface area contributed by atoms with E-state index in [0.717, 1.165) is 0 Å². The van der Waals surface area contributed by atoms with Crippen LogP contribution in [0.4, 0.5) is 5.82 Å². The molecule has 1 aromatic heterocycles. The third-order valence-electron chi connectivity index (χ3n) is 2.08. The number of anilines is 1. The summed E-state index contributed by atoms with van der Waals surface area (Å²) in [5.41, 5.74) is 6.06. The van der Waals surface area contributed by atoms with Gasteiger partial charge in [0.1, 0.15) is 18.2 Å². The number of benzene rings is 1. The Morgan fingerprint density at radius 3 is 2.39 bits per heavy atom. The largest absolute Gasteiger partial charge is 0.486 e. The van der Waals surface area contributed by atoms with E-state index < -0.39 is 0 Å². The second kappa shape index (κ2) is 5.61. The van der Waals surface area contributed by atoms with Gasteiger partial charge in [0.15, 0.2) is 0 Å². The van der Waals surface area contributed by atoms with Gasteiger partial charge in [-0.3, -0.25) is 4.98 Å². The van der Waals surface area contributed by atoms with Crippen molar-refractivity contribution in [2.45, 2.75) is 6.61 Å². The topological polar surface area (TPSA) is 61.0 Å². The van der Waals surface area contributed by atoms with Crippen LogP contribution in [0.5, 0.6) is 5.75 Å². The number of nitrogens with two attached hydrogens (primary N) is 1. The molecule has 0 aliphatic rings. The van der Waals surface area contributed by atoms with E-state index in [2.05, 4.69) is 9.97 Å². The molecule has 4 nitrogen and oxygen atoms in total. The lowest BCUT2D eigenvalue weighted by atomic mass is 10.3. The van der Waals surface area contributed by atoms with Crippen LogP contribution in [0.3, 0.4) is 0 Å². The van der Waals surface area contributed by atoms with Gasteiger partial charge in [-0.1, -0.05) is 34.8 Å². The predicted molar refractivity (Wildman–Crippen MR) is 72.2 cm³/mol. The van der Waals surface area contributed by atoms with Crippen molar-refractivity contribution in [3.63, 3.8) is 0 Å². The van der Waals surface area contributed by atoms with E-state index in [-0.39, 0.29) is 6.61 Å². The molecule has 0 amide bonds. The van der Waals surface area contributed by atoms with Gasteiger partial charge in [0, 0.05) is 6.07 Å². The number of ether oxygens (including phenoxy) is 1. The number of halogens is 3. The molecule has 1 aromatic carbocycles. The third kappa shape index (κ3) is 3.16. The molecule has 0 atom stereocenters. The van der Waals surface area contributed by atoms with Crippen molar-refractivity contribution < 1.29 is 4.74 Å². The van der Waals surface area contributed by atoms with E-state index >= 15 is 0 Å². The summed E-state index contributed by atoms with van der Waals surface area (Å²) in [6.07, 6.45) is 2.98. The molecule has 0 bridgehead atoms. The number of nitrogen functional groups attached to an aromatic ring is 1. The van der Waals surface area contributed by atoms with Crippen molar-refractivity contribution in [2.75, 3.05) is 5.73 Å². The Labute approximate surface area is 119 Å². The van der Waals surface area contributed by atoms with Crippen LogP contribution >= 0.6 is 34.8 Å². The van der Waals surface area contributed by atoms with E-state index in [9.17, 15) is 0 Å². The molecular formula is C11H8Cl3N3O. The molecule has 1 heterocycles. The van der Waals surface area contributed by atoms with Crippen LogP contribution in [0.1, 0.15) is 5.69 Å². The lowest BCUT2D eigenvalue weighted by molar-refractivity contribution is 0.301. The fraction of sp³-hybridized carbons (Fsp3) is 0.0909. The first-order valence-corrected chi connectivity index (χ1v) is 6.03. The van der Waals surface area contributed by atoms with Crippen molar-refractivity contribution in [3.05, 3.63) is 45.3 Å². The Bertz CT molecular complexity index is 560. The molecule has 0 aliphatic carbocycles. The second-order valence-electron chi connectivity index (χ2n) is 3.42. The number of nitrogens with zero attached hydrogens (tertiary/aromatic N) is 2. The van der Waals surface area contributed by atoms with Crippen LogP contribution in [0.15, 0.2) is 24.5 Å². The van der Waals surface area contributed by atoms with Gasteiger partial charge in [-0.25, -0.2) is 4.98 Å². The summed E-state index contributed by atoms with van der Waals surface area (Å²) in [4.78, 5) is 7.95. The molecule has 0 saturated carbocycles. The van der Waals surface area contributed by atoms with Crippen LogP contribution in [0.25, 0.3) is 0 Å².